The summed E-state index contributed by atoms with van der Waals surface area (Å²) in [5, 5.41) is 6.49. The van der Waals surface area contributed by atoms with E-state index in [2.05, 4.69) is 15.2 Å². The summed E-state index contributed by atoms with van der Waals surface area (Å²) in [5.41, 5.74) is -0.572. The molecule has 1 aromatic carbocycles. The zero-order valence-corrected chi connectivity index (χ0v) is 10.4. The third-order valence-corrected chi connectivity index (χ3v) is 2.55. The fraction of sp³-hybridized carbons (Fsp3) is 0.250. The van der Waals surface area contributed by atoms with Crippen molar-refractivity contribution in [3.8, 4) is 0 Å². The quantitative estimate of drug-likeness (QED) is 0.919. The molecule has 0 saturated carbocycles. The number of aromatic amines is 1. The van der Waals surface area contributed by atoms with Gasteiger partial charge in [0.25, 0.3) is 5.91 Å². The molecule has 2 aromatic rings. The Kier molecular flexibility index (Phi) is 3.55. The molecule has 0 aliphatic rings. The number of hydrogen-bond acceptors (Lipinski definition) is 3. The van der Waals surface area contributed by atoms with Gasteiger partial charge in [0.15, 0.2) is 5.82 Å². The zero-order chi connectivity index (χ0) is 14.0. The van der Waals surface area contributed by atoms with E-state index in [0.29, 0.717) is 11.6 Å². The summed E-state index contributed by atoms with van der Waals surface area (Å²) >= 11 is 0. The first-order valence-corrected chi connectivity index (χ1v) is 5.56. The monoisotopic (exact) mass is 266 g/mol. The Labute approximate surface area is 108 Å². The number of halogens is 2. The number of benzene rings is 1. The minimum Gasteiger partial charge on any atom is -0.334 e. The molecule has 0 saturated heterocycles. The van der Waals surface area contributed by atoms with E-state index < -0.39 is 23.1 Å². The van der Waals surface area contributed by atoms with Gasteiger partial charge >= 0.3 is 0 Å². The molecule has 5 nitrogen and oxygen atoms in total. The van der Waals surface area contributed by atoms with Crippen molar-refractivity contribution in [1.29, 1.82) is 0 Å². The fourth-order valence-corrected chi connectivity index (χ4v) is 1.64. The fourth-order valence-electron chi connectivity index (χ4n) is 1.64. The van der Waals surface area contributed by atoms with Crippen molar-refractivity contribution in [2.45, 2.75) is 13.5 Å². The molecule has 0 spiro atoms. The van der Waals surface area contributed by atoms with Crippen molar-refractivity contribution in [1.82, 2.24) is 20.1 Å². The van der Waals surface area contributed by atoms with E-state index in [9.17, 15) is 13.6 Å². The molecule has 7 heteroatoms. The van der Waals surface area contributed by atoms with Crippen LogP contribution in [0.1, 0.15) is 22.0 Å². The van der Waals surface area contributed by atoms with Crippen molar-refractivity contribution in [2.24, 2.45) is 0 Å². The second-order valence-corrected chi connectivity index (χ2v) is 4.09. The van der Waals surface area contributed by atoms with Gasteiger partial charge in [0.1, 0.15) is 23.0 Å². The summed E-state index contributed by atoms with van der Waals surface area (Å²) in [5.74, 6) is -1.54. The number of nitrogens with zero attached hydrogens (tertiary/aromatic N) is 3. The largest absolute Gasteiger partial charge is 0.334 e. The third-order valence-electron chi connectivity index (χ3n) is 2.55. The van der Waals surface area contributed by atoms with Crippen molar-refractivity contribution in [3.63, 3.8) is 0 Å². The standard InChI is InChI=1S/C12H12F2N4O/c1-7-15-10(17-16-7)6-18(2)12(19)11-8(13)4-3-5-9(11)14/h3-5H,6H2,1-2H3,(H,15,16,17). The van der Waals surface area contributed by atoms with Gasteiger partial charge < -0.3 is 4.90 Å². The smallest absolute Gasteiger partial charge is 0.259 e. The lowest BCUT2D eigenvalue weighted by Gasteiger charge is -2.16. The summed E-state index contributed by atoms with van der Waals surface area (Å²) < 4.78 is 27.0. The van der Waals surface area contributed by atoms with E-state index in [0.717, 1.165) is 17.0 Å². The first-order chi connectivity index (χ1) is 8.99. The molecule has 1 aromatic heterocycles. The van der Waals surface area contributed by atoms with Crippen molar-refractivity contribution < 1.29 is 13.6 Å². The molecule has 0 bridgehead atoms. The van der Waals surface area contributed by atoms with Gasteiger partial charge in [0.05, 0.1) is 6.54 Å². The Morgan fingerprint density at radius 1 is 1.37 bits per heavy atom. The Bertz CT molecular complexity index is 591. The Balaban J connectivity index is 2.19. The van der Waals surface area contributed by atoms with Crippen molar-refractivity contribution in [2.75, 3.05) is 7.05 Å². The molecule has 2 rings (SSSR count). The Hall–Kier alpha value is -2.31. The molecule has 0 aliphatic carbocycles. The molecular weight excluding hydrogens is 254 g/mol. The van der Waals surface area contributed by atoms with E-state index in [1.165, 1.54) is 13.1 Å². The van der Waals surface area contributed by atoms with Crippen LogP contribution in [-0.4, -0.2) is 33.0 Å². The lowest BCUT2D eigenvalue weighted by atomic mass is 10.1. The number of aryl methyl sites for hydroxylation is 1. The first kappa shape index (κ1) is 13.1. The highest BCUT2D eigenvalue weighted by molar-refractivity contribution is 5.94. The van der Waals surface area contributed by atoms with Crippen LogP contribution >= 0.6 is 0 Å². The molecule has 0 fully saturated rings. The molecule has 1 heterocycles. The molecular formula is C12H12F2N4O. The number of nitrogens with one attached hydrogen (secondary N) is 1. The van der Waals surface area contributed by atoms with Gasteiger partial charge in [0, 0.05) is 7.05 Å². The van der Waals surface area contributed by atoms with Crippen LogP contribution in [0.15, 0.2) is 18.2 Å². The third kappa shape index (κ3) is 2.75. The Morgan fingerprint density at radius 2 is 2.00 bits per heavy atom. The number of hydrogen-bond donors (Lipinski definition) is 1. The van der Waals surface area contributed by atoms with Crippen molar-refractivity contribution >= 4 is 5.91 Å². The second-order valence-electron chi connectivity index (χ2n) is 4.09. The van der Waals surface area contributed by atoms with Crippen LogP contribution in [0.5, 0.6) is 0 Å². The molecule has 19 heavy (non-hydrogen) atoms. The highest BCUT2D eigenvalue weighted by Crippen LogP contribution is 2.14. The van der Waals surface area contributed by atoms with Crippen molar-refractivity contribution in [3.05, 3.63) is 47.0 Å². The SMILES string of the molecule is Cc1nc(CN(C)C(=O)c2c(F)cccc2F)n[nH]1. The highest BCUT2D eigenvalue weighted by Gasteiger charge is 2.21. The predicted octanol–water partition coefficient (Wildman–Crippen LogP) is 1.66. The molecule has 0 unspecified atom stereocenters. The van der Waals surface area contributed by atoms with Gasteiger partial charge in [-0.3, -0.25) is 9.89 Å². The van der Waals surface area contributed by atoms with E-state index >= 15 is 0 Å². The second kappa shape index (κ2) is 5.13. The lowest BCUT2D eigenvalue weighted by Crippen LogP contribution is -2.28. The minimum atomic E-state index is -0.886. The molecule has 0 radical (unpaired) electrons. The van der Waals surface area contributed by atoms with Crippen LogP contribution in [0.2, 0.25) is 0 Å². The maximum Gasteiger partial charge on any atom is 0.259 e. The highest BCUT2D eigenvalue weighted by atomic mass is 19.1. The number of carbonyl (C=O) groups is 1. The van der Waals surface area contributed by atoms with E-state index in [1.54, 1.807) is 6.92 Å². The summed E-state index contributed by atoms with van der Waals surface area (Å²) in [6.07, 6.45) is 0. The predicted molar refractivity (Wildman–Crippen MR) is 63.3 cm³/mol. The number of amides is 1. The topological polar surface area (TPSA) is 61.9 Å². The van der Waals surface area contributed by atoms with Crippen LogP contribution in [-0.2, 0) is 6.54 Å². The van der Waals surface area contributed by atoms with E-state index in [1.807, 2.05) is 0 Å². The number of rotatable bonds is 3. The molecule has 1 N–H and O–H groups in total. The van der Waals surface area contributed by atoms with Gasteiger partial charge in [-0.25, -0.2) is 13.8 Å². The molecule has 0 aliphatic heterocycles. The first-order valence-electron chi connectivity index (χ1n) is 5.56. The van der Waals surface area contributed by atoms with Gasteiger partial charge in [-0.05, 0) is 19.1 Å². The van der Waals surface area contributed by atoms with E-state index in [4.69, 9.17) is 0 Å². The molecule has 1 amide bonds. The number of aromatic nitrogens is 3. The number of carbonyl (C=O) groups excluding carboxylic acids is 1. The lowest BCUT2D eigenvalue weighted by molar-refractivity contribution is 0.0772. The van der Waals surface area contributed by atoms with E-state index in [-0.39, 0.29) is 6.54 Å². The average Bonchev–Trinajstić information content (AvgIpc) is 2.74. The van der Waals surface area contributed by atoms with Gasteiger partial charge in [0.2, 0.25) is 0 Å². The summed E-state index contributed by atoms with van der Waals surface area (Å²) in [4.78, 5) is 17.2. The Morgan fingerprint density at radius 3 is 2.53 bits per heavy atom. The summed E-state index contributed by atoms with van der Waals surface area (Å²) in [6, 6.07) is 3.29. The number of H-pyrrole nitrogens is 1. The maximum atomic E-state index is 13.5. The van der Waals surface area contributed by atoms with Gasteiger partial charge in [-0.2, -0.15) is 5.10 Å². The minimum absolute atomic E-state index is 0.0664. The van der Waals surface area contributed by atoms with Crippen LogP contribution in [0.25, 0.3) is 0 Å². The van der Waals surface area contributed by atoms with Gasteiger partial charge in [-0.1, -0.05) is 6.07 Å². The van der Waals surface area contributed by atoms with Crippen LogP contribution in [0, 0.1) is 18.6 Å². The summed E-state index contributed by atoms with van der Waals surface area (Å²) in [6.45, 7) is 1.78. The normalized spacial score (nSPS) is 10.5. The maximum absolute atomic E-state index is 13.5. The van der Waals surface area contributed by atoms with Crippen LogP contribution in [0.4, 0.5) is 8.78 Å². The average molecular weight is 266 g/mol. The molecule has 0 atom stereocenters. The van der Waals surface area contributed by atoms with Gasteiger partial charge in [-0.15, -0.1) is 0 Å². The zero-order valence-electron chi connectivity index (χ0n) is 10.4. The van der Waals surface area contributed by atoms with Crippen LogP contribution in [0.3, 0.4) is 0 Å². The van der Waals surface area contributed by atoms with Crippen LogP contribution < -0.4 is 0 Å². The molecule has 100 valence electrons. The summed E-state index contributed by atoms with van der Waals surface area (Å²) in [7, 11) is 1.43.